The summed E-state index contributed by atoms with van der Waals surface area (Å²) in [6, 6.07) is 2.31. The second-order valence-corrected chi connectivity index (χ2v) is 9.91. The van der Waals surface area contributed by atoms with Crippen molar-refractivity contribution in [1.29, 1.82) is 0 Å². The van der Waals surface area contributed by atoms with Gasteiger partial charge >= 0.3 is 0 Å². The Bertz CT molecular complexity index is 784. The number of β-amino-alcohol motifs (C(OH)–C–C–N with tert-alkyl or cyclic N) is 2. The number of nitrogens with zero attached hydrogens (tertiary/aromatic N) is 3. The van der Waals surface area contributed by atoms with E-state index in [1.54, 1.807) is 0 Å². The Hall–Kier alpha value is -1.08. The highest BCUT2D eigenvalue weighted by Crippen LogP contribution is 2.45. The van der Waals surface area contributed by atoms with Crippen LogP contribution >= 0.6 is 11.3 Å². The monoisotopic (exact) mass is 375 g/mol. The van der Waals surface area contributed by atoms with Gasteiger partial charge in [-0.15, -0.1) is 11.3 Å². The van der Waals surface area contributed by atoms with Gasteiger partial charge in [0.05, 0.1) is 17.9 Å². The van der Waals surface area contributed by atoms with Gasteiger partial charge in [0.2, 0.25) is 0 Å². The summed E-state index contributed by atoms with van der Waals surface area (Å²) in [6.07, 6.45) is 3.77. The number of hydrogen-bond acceptors (Lipinski definition) is 6. The lowest BCUT2D eigenvalue weighted by atomic mass is 9.73. The van der Waals surface area contributed by atoms with Gasteiger partial charge in [0.1, 0.15) is 10.7 Å². The molecule has 26 heavy (non-hydrogen) atoms. The van der Waals surface area contributed by atoms with E-state index in [-0.39, 0.29) is 0 Å². The van der Waals surface area contributed by atoms with Crippen LogP contribution in [0.2, 0.25) is 0 Å². The highest BCUT2D eigenvalue weighted by atomic mass is 32.1. The number of aromatic nitrogens is 2. The van der Waals surface area contributed by atoms with E-state index in [9.17, 15) is 10.2 Å². The largest absolute Gasteiger partial charge is 0.389 e. The molecule has 0 unspecified atom stereocenters. The van der Waals surface area contributed by atoms with E-state index in [1.165, 1.54) is 30.6 Å². The van der Waals surface area contributed by atoms with Crippen LogP contribution < -0.4 is 0 Å². The van der Waals surface area contributed by atoms with Crippen molar-refractivity contribution in [1.82, 2.24) is 14.9 Å². The minimum absolute atomic E-state index is 0.478. The first-order valence-electron chi connectivity index (χ1n) is 9.66. The normalized spacial score (nSPS) is 27.4. The summed E-state index contributed by atoms with van der Waals surface area (Å²) in [5.74, 6) is 1.44. The summed E-state index contributed by atoms with van der Waals surface area (Å²) in [5, 5.41) is 20.8. The lowest BCUT2D eigenvalue weighted by molar-refractivity contribution is 0.0572. The number of likely N-dealkylation sites (tertiary alicyclic amines) is 1. The SMILES string of the molecule is Cc1nc(CN2C[C@H](O)[C@@H](O)C2)c2cc(C3CCC(C)(C)CC3)sc2n1. The van der Waals surface area contributed by atoms with Gasteiger partial charge in [-0.1, -0.05) is 13.8 Å². The molecule has 0 aromatic carbocycles. The van der Waals surface area contributed by atoms with Crippen molar-refractivity contribution in [2.45, 2.75) is 71.1 Å². The molecule has 0 bridgehead atoms. The van der Waals surface area contributed by atoms with E-state index in [0.717, 1.165) is 21.7 Å². The number of aryl methyl sites for hydroxylation is 1. The summed E-state index contributed by atoms with van der Waals surface area (Å²) in [4.78, 5) is 14.0. The Labute approximate surface area is 159 Å². The molecule has 5 nitrogen and oxygen atoms in total. The van der Waals surface area contributed by atoms with Gasteiger partial charge in [-0.2, -0.15) is 0 Å². The minimum Gasteiger partial charge on any atom is -0.389 e. The van der Waals surface area contributed by atoms with Crippen LogP contribution in [0, 0.1) is 12.3 Å². The Balaban J connectivity index is 1.59. The summed E-state index contributed by atoms with van der Waals surface area (Å²) in [5.41, 5.74) is 1.50. The predicted molar refractivity (Wildman–Crippen MR) is 104 cm³/mol. The van der Waals surface area contributed by atoms with Crippen molar-refractivity contribution >= 4 is 21.6 Å². The van der Waals surface area contributed by atoms with Crippen LogP contribution in [0.25, 0.3) is 10.2 Å². The van der Waals surface area contributed by atoms with Crippen LogP contribution in [0.15, 0.2) is 6.07 Å². The Morgan fingerprint density at radius 2 is 1.81 bits per heavy atom. The quantitative estimate of drug-likeness (QED) is 0.862. The molecule has 0 radical (unpaired) electrons. The molecule has 1 aliphatic heterocycles. The molecule has 2 fully saturated rings. The molecule has 2 aromatic rings. The number of aliphatic hydroxyl groups is 2. The summed E-state index contributed by atoms with van der Waals surface area (Å²) in [7, 11) is 0. The average molecular weight is 376 g/mol. The third-order valence-electron chi connectivity index (χ3n) is 6.05. The Kier molecular flexibility index (Phi) is 4.80. The van der Waals surface area contributed by atoms with Gasteiger partial charge < -0.3 is 10.2 Å². The highest BCUT2D eigenvalue weighted by Gasteiger charge is 2.31. The average Bonchev–Trinajstić information content (AvgIpc) is 3.11. The molecule has 1 saturated heterocycles. The lowest BCUT2D eigenvalue weighted by Crippen LogP contribution is -2.22. The smallest absolute Gasteiger partial charge is 0.127 e. The van der Waals surface area contributed by atoms with Gasteiger partial charge in [-0.3, -0.25) is 4.90 Å². The molecule has 2 N–H and O–H groups in total. The number of aliphatic hydroxyl groups excluding tert-OH is 2. The van der Waals surface area contributed by atoms with E-state index >= 15 is 0 Å². The molecule has 6 heteroatoms. The van der Waals surface area contributed by atoms with Crippen molar-refractivity contribution < 1.29 is 10.2 Å². The molecule has 2 aromatic heterocycles. The van der Waals surface area contributed by atoms with Crippen molar-refractivity contribution in [3.05, 3.63) is 22.5 Å². The lowest BCUT2D eigenvalue weighted by Gasteiger charge is -2.33. The van der Waals surface area contributed by atoms with Gasteiger partial charge in [0.25, 0.3) is 0 Å². The molecule has 0 amide bonds. The molecule has 0 spiro atoms. The van der Waals surface area contributed by atoms with Crippen molar-refractivity contribution in [3.8, 4) is 0 Å². The zero-order valence-electron chi connectivity index (χ0n) is 15.9. The number of rotatable bonds is 3. The van der Waals surface area contributed by atoms with E-state index < -0.39 is 12.2 Å². The minimum atomic E-state index is -0.656. The molecule has 142 valence electrons. The third-order valence-corrected chi connectivity index (χ3v) is 7.24. The maximum Gasteiger partial charge on any atom is 0.127 e. The molecular weight excluding hydrogens is 346 g/mol. The van der Waals surface area contributed by atoms with E-state index in [4.69, 9.17) is 0 Å². The molecule has 2 aliphatic rings. The fourth-order valence-electron chi connectivity index (χ4n) is 4.31. The summed E-state index contributed by atoms with van der Waals surface area (Å²) < 4.78 is 0. The molecule has 1 saturated carbocycles. The Morgan fingerprint density at radius 1 is 1.15 bits per heavy atom. The maximum absolute atomic E-state index is 9.81. The predicted octanol–water partition coefficient (Wildman–Crippen LogP) is 3.22. The first-order chi connectivity index (χ1) is 12.3. The fraction of sp³-hybridized carbons (Fsp3) is 0.700. The standard InChI is InChI=1S/C20H29N3O2S/c1-12-21-15(9-23-10-16(24)17(25)11-23)14-8-18(26-19(14)22-12)13-4-6-20(2,3)7-5-13/h8,13,16-17,24-25H,4-7,9-11H2,1-3H3/t16-,17-/m0/s1. The molecule has 4 rings (SSSR count). The molecule has 1 aliphatic carbocycles. The van der Waals surface area contributed by atoms with Crippen LogP contribution in [0.4, 0.5) is 0 Å². The van der Waals surface area contributed by atoms with Crippen molar-refractivity contribution in [2.75, 3.05) is 13.1 Å². The molecule has 2 atom stereocenters. The van der Waals surface area contributed by atoms with Crippen molar-refractivity contribution in [3.63, 3.8) is 0 Å². The number of thiophene rings is 1. The van der Waals surface area contributed by atoms with Gasteiger partial charge in [0.15, 0.2) is 0 Å². The third kappa shape index (κ3) is 3.65. The number of hydrogen-bond donors (Lipinski definition) is 2. The van der Waals surface area contributed by atoms with Gasteiger partial charge in [0, 0.05) is 29.9 Å². The van der Waals surface area contributed by atoms with Crippen LogP contribution in [-0.2, 0) is 6.54 Å². The van der Waals surface area contributed by atoms with E-state index in [1.807, 2.05) is 18.3 Å². The summed E-state index contributed by atoms with van der Waals surface area (Å²) in [6.45, 7) is 8.35. The molecular formula is C20H29N3O2S. The maximum atomic E-state index is 9.81. The van der Waals surface area contributed by atoms with E-state index in [0.29, 0.717) is 31.0 Å². The zero-order chi connectivity index (χ0) is 18.5. The van der Waals surface area contributed by atoms with Crippen molar-refractivity contribution in [2.24, 2.45) is 5.41 Å². The van der Waals surface area contributed by atoms with Crippen LogP contribution in [0.5, 0.6) is 0 Å². The zero-order valence-corrected chi connectivity index (χ0v) is 16.7. The first-order valence-corrected chi connectivity index (χ1v) is 10.5. The van der Waals surface area contributed by atoms with Gasteiger partial charge in [-0.25, -0.2) is 9.97 Å². The Morgan fingerprint density at radius 3 is 2.46 bits per heavy atom. The molecule has 3 heterocycles. The topological polar surface area (TPSA) is 69.5 Å². The first kappa shape index (κ1) is 18.3. The van der Waals surface area contributed by atoms with Crippen LogP contribution in [0.1, 0.15) is 61.8 Å². The fourth-order valence-corrected chi connectivity index (χ4v) is 5.58. The second kappa shape index (κ2) is 6.82. The highest BCUT2D eigenvalue weighted by molar-refractivity contribution is 7.18. The summed E-state index contributed by atoms with van der Waals surface area (Å²) >= 11 is 1.82. The van der Waals surface area contributed by atoms with Crippen LogP contribution in [-0.4, -0.2) is 50.4 Å². The van der Waals surface area contributed by atoms with E-state index in [2.05, 4.69) is 34.8 Å². The van der Waals surface area contributed by atoms with Crippen LogP contribution in [0.3, 0.4) is 0 Å². The number of fused-ring (bicyclic) bond motifs is 1. The second-order valence-electron chi connectivity index (χ2n) is 8.85. The van der Waals surface area contributed by atoms with Gasteiger partial charge in [-0.05, 0) is 50.0 Å².